The molecule has 0 spiro atoms. The van der Waals surface area contributed by atoms with Gasteiger partial charge in [-0.2, -0.15) is 0 Å². The summed E-state index contributed by atoms with van der Waals surface area (Å²) in [6, 6.07) is 19.2. The van der Waals surface area contributed by atoms with Crippen molar-refractivity contribution in [1.82, 2.24) is 10.3 Å². The summed E-state index contributed by atoms with van der Waals surface area (Å²) >= 11 is 0. The lowest BCUT2D eigenvalue weighted by atomic mass is 9.98. The molecule has 1 aliphatic rings. The van der Waals surface area contributed by atoms with Crippen LogP contribution in [0.5, 0.6) is 0 Å². The van der Waals surface area contributed by atoms with Crippen molar-refractivity contribution in [1.29, 1.82) is 0 Å². The number of benzene rings is 2. The fourth-order valence-corrected chi connectivity index (χ4v) is 4.20. The van der Waals surface area contributed by atoms with Gasteiger partial charge in [0.25, 0.3) is 0 Å². The second-order valence-electron chi connectivity index (χ2n) is 8.64. The van der Waals surface area contributed by atoms with Gasteiger partial charge in [-0.3, -0.25) is 4.79 Å². The van der Waals surface area contributed by atoms with Crippen molar-refractivity contribution in [2.75, 3.05) is 18.5 Å². The maximum Gasteiger partial charge on any atom is 0.407 e. The predicted molar refractivity (Wildman–Crippen MR) is 131 cm³/mol. The van der Waals surface area contributed by atoms with Gasteiger partial charge in [-0.15, -0.1) is 0 Å². The summed E-state index contributed by atoms with van der Waals surface area (Å²) in [5, 5.41) is 14.3. The summed E-state index contributed by atoms with van der Waals surface area (Å²) in [4.78, 5) is 39.1. The van der Waals surface area contributed by atoms with Crippen LogP contribution in [0, 0.1) is 5.92 Å². The second kappa shape index (κ2) is 10.8. The number of carboxylic acids is 1. The highest BCUT2D eigenvalue weighted by Crippen LogP contribution is 2.44. The number of amides is 2. The number of anilines is 1. The number of carbonyl (C=O) groups excluding carboxylic acids is 2. The van der Waals surface area contributed by atoms with Crippen LogP contribution < -0.4 is 10.6 Å². The number of aromatic nitrogens is 1. The van der Waals surface area contributed by atoms with Crippen LogP contribution in [0.4, 0.5) is 10.5 Å². The fraction of sp³-hybridized carbons (Fsp3) is 0.259. The molecule has 35 heavy (non-hydrogen) atoms. The summed E-state index contributed by atoms with van der Waals surface area (Å²) in [5.41, 5.74) is 5.03. The van der Waals surface area contributed by atoms with Gasteiger partial charge in [0.1, 0.15) is 12.3 Å². The molecule has 8 nitrogen and oxygen atoms in total. The molecule has 2 amide bonds. The van der Waals surface area contributed by atoms with Gasteiger partial charge in [-0.05, 0) is 46.7 Å². The minimum Gasteiger partial charge on any atom is -0.477 e. The van der Waals surface area contributed by atoms with Crippen LogP contribution in [0.2, 0.25) is 0 Å². The fourth-order valence-electron chi connectivity index (χ4n) is 4.20. The molecule has 4 rings (SSSR count). The Morgan fingerprint density at radius 2 is 1.66 bits per heavy atom. The standard InChI is InChI=1S/C27H27N3O5/c1-17(10-13-25(31)30-18-11-12-24(26(32)33)28-15-18)14-29-27(34)35-16-23-21-8-4-2-6-19(21)20-7-3-5-9-22(20)23/h2-9,11-12,15,17,23H,10,13-14,16H2,1H3,(H,29,34)(H,30,31)(H,32,33). The Bertz CT molecular complexity index is 1180. The number of hydrogen-bond acceptors (Lipinski definition) is 5. The Morgan fingerprint density at radius 1 is 1.00 bits per heavy atom. The Kier molecular flexibility index (Phi) is 7.40. The molecule has 1 atom stereocenters. The molecule has 0 bridgehead atoms. The van der Waals surface area contributed by atoms with Gasteiger partial charge >= 0.3 is 12.1 Å². The molecular weight excluding hydrogens is 446 g/mol. The van der Waals surface area contributed by atoms with Crippen LogP contribution >= 0.6 is 0 Å². The Balaban J connectivity index is 1.19. The first-order chi connectivity index (χ1) is 16.9. The van der Waals surface area contributed by atoms with E-state index in [4.69, 9.17) is 9.84 Å². The highest BCUT2D eigenvalue weighted by Gasteiger charge is 2.29. The molecule has 180 valence electrons. The van der Waals surface area contributed by atoms with E-state index in [-0.39, 0.29) is 36.5 Å². The smallest absolute Gasteiger partial charge is 0.407 e. The van der Waals surface area contributed by atoms with Crippen LogP contribution in [0.1, 0.15) is 47.3 Å². The summed E-state index contributed by atoms with van der Waals surface area (Å²) in [6.07, 6.45) is 1.65. The van der Waals surface area contributed by atoms with Gasteiger partial charge < -0.3 is 20.5 Å². The van der Waals surface area contributed by atoms with Gasteiger partial charge in [0.15, 0.2) is 0 Å². The van der Waals surface area contributed by atoms with Gasteiger partial charge in [0.2, 0.25) is 5.91 Å². The van der Waals surface area contributed by atoms with E-state index in [1.807, 2.05) is 31.2 Å². The van der Waals surface area contributed by atoms with E-state index in [9.17, 15) is 14.4 Å². The van der Waals surface area contributed by atoms with E-state index < -0.39 is 12.1 Å². The largest absolute Gasteiger partial charge is 0.477 e. The summed E-state index contributed by atoms with van der Waals surface area (Å²) < 4.78 is 5.54. The number of fused-ring (bicyclic) bond motifs is 3. The number of carbonyl (C=O) groups is 3. The zero-order valence-corrected chi connectivity index (χ0v) is 19.4. The van der Waals surface area contributed by atoms with E-state index in [0.29, 0.717) is 18.7 Å². The molecule has 1 aliphatic carbocycles. The zero-order chi connectivity index (χ0) is 24.8. The first-order valence-corrected chi connectivity index (χ1v) is 11.5. The summed E-state index contributed by atoms with van der Waals surface area (Å²) in [6.45, 7) is 2.59. The van der Waals surface area contributed by atoms with Gasteiger partial charge in [-0.1, -0.05) is 55.5 Å². The molecule has 0 fully saturated rings. The average Bonchev–Trinajstić information content (AvgIpc) is 3.19. The Hall–Kier alpha value is -4.20. The van der Waals surface area contributed by atoms with Gasteiger partial charge in [0.05, 0.1) is 11.9 Å². The van der Waals surface area contributed by atoms with E-state index in [1.54, 1.807) is 0 Å². The second-order valence-corrected chi connectivity index (χ2v) is 8.64. The monoisotopic (exact) mass is 473 g/mol. The SMILES string of the molecule is CC(CCC(=O)Nc1ccc(C(=O)O)nc1)CNC(=O)OCC1c2ccccc2-c2ccccc21. The van der Waals surface area contributed by atoms with Crippen LogP contribution in [0.3, 0.4) is 0 Å². The minimum absolute atomic E-state index is 0.00771. The van der Waals surface area contributed by atoms with Gasteiger partial charge in [-0.25, -0.2) is 14.6 Å². The molecule has 1 aromatic heterocycles. The van der Waals surface area contributed by atoms with Crippen molar-refractivity contribution in [2.24, 2.45) is 5.92 Å². The topological polar surface area (TPSA) is 118 Å². The third-order valence-corrected chi connectivity index (χ3v) is 6.07. The van der Waals surface area contributed by atoms with Crippen molar-refractivity contribution in [2.45, 2.75) is 25.7 Å². The van der Waals surface area contributed by atoms with Crippen molar-refractivity contribution in [3.8, 4) is 11.1 Å². The molecular formula is C27H27N3O5. The highest BCUT2D eigenvalue weighted by molar-refractivity contribution is 5.91. The molecule has 0 aliphatic heterocycles. The number of carboxylic acid groups (broad SMARTS) is 1. The maximum absolute atomic E-state index is 12.3. The highest BCUT2D eigenvalue weighted by atomic mass is 16.5. The molecule has 8 heteroatoms. The third-order valence-electron chi connectivity index (χ3n) is 6.07. The molecule has 1 unspecified atom stereocenters. The molecule has 0 radical (unpaired) electrons. The quantitative estimate of drug-likeness (QED) is 0.416. The molecule has 1 heterocycles. The van der Waals surface area contributed by atoms with Crippen molar-refractivity contribution in [3.05, 3.63) is 83.7 Å². The first-order valence-electron chi connectivity index (χ1n) is 11.5. The van der Waals surface area contributed by atoms with Crippen LogP contribution in [-0.4, -0.2) is 41.2 Å². The lowest BCUT2D eigenvalue weighted by Gasteiger charge is -2.16. The van der Waals surface area contributed by atoms with Crippen LogP contribution in [0.15, 0.2) is 66.9 Å². The number of ether oxygens (including phenoxy) is 1. The van der Waals surface area contributed by atoms with E-state index in [0.717, 1.165) is 11.1 Å². The van der Waals surface area contributed by atoms with Crippen molar-refractivity contribution in [3.63, 3.8) is 0 Å². The molecule has 3 N–H and O–H groups in total. The minimum atomic E-state index is -1.12. The Morgan fingerprint density at radius 3 is 2.26 bits per heavy atom. The number of hydrogen-bond donors (Lipinski definition) is 3. The Labute approximate surface area is 203 Å². The van der Waals surface area contributed by atoms with Crippen LogP contribution in [-0.2, 0) is 9.53 Å². The summed E-state index contributed by atoms with van der Waals surface area (Å²) in [7, 11) is 0. The number of nitrogens with zero attached hydrogens (tertiary/aromatic N) is 1. The molecule has 3 aromatic rings. The predicted octanol–water partition coefficient (Wildman–Crippen LogP) is 4.67. The van der Waals surface area contributed by atoms with E-state index >= 15 is 0 Å². The number of nitrogens with one attached hydrogen (secondary N) is 2. The van der Waals surface area contributed by atoms with Crippen molar-refractivity contribution >= 4 is 23.7 Å². The molecule has 0 saturated carbocycles. The molecule has 2 aromatic carbocycles. The normalized spacial score (nSPS) is 12.8. The summed E-state index contributed by atoms with van der Waals surface area (Å²) in [5.74, 6) is -1.26. The van der Waals surface area contributed by atoms with E-state index in [1.165, 1.54) is 29.5 Å². The lowest BCUT2D eigenvalue weighted by molar-refractivity contribution is -0.116. The number of rotatable bonds is 9. The van der Waals surface area contributed by atoms with Crippen LogP contribution in [0.25, 0.3) is 11.1 Å². The number of aromatic carboxylic acids is 1. The first kappa shape index (κ1) is 23.9. The third kappa shape index (κ3) is 5.84. The van der Waals surface area contributed by atoms with E-state index in [2.05, 4.69) is 39.9 Å². The average molecular weight is 474 g/mol. The number of pyridine rings is 1. The zero-order valence-electron chi connectivity index (χ0n) is 19.4. The van der Waals surface area contributed by atoms with Crippen molar-refractivity contribution < 1.29 is 24.2 Å². The number of alkyl carbamates (subject to hydrolysis) is 1. The van der Waals surface area contributed by atoms with Gasteiger partial charge in [0, 0.05) is 18.9 Å². The molecule has 0 saturated heterocycles. The lowest BCUT2D eigenvalue weighted by Crippen LogP contribution is -2.30. The maximum atomic E-state index is 12.3.